The summed E-state index contributed by atoms with van der Waals surface area (Å²) >= 11 is 6.14. The highest BCUT2D eigenvalue weighted by molar-refractivity contribution is 6.31. The summed E-state index contributed by atoms with van der Waals surface area (Å²) in [7, 11) is 0. The van der Waals surface area contributed by atoms with Crippen molar-refractivity contribution in [1.29, 1.82) is 0 Å². The van der Waals surface area contributed by atoms with E-state index in [0.29, 0.717) is 27.1 Å². The molecule has 0 unspecified atom stereocenters. The predicted molar refractivity (Wildman–Crippen MR) is 98.9 cm³/mol. The van der Waals surface area contributed by atoms with Gasteiger partial charge < -0.3 is 9.88 Å². The van der Waals surface area contributed by atoms with Crippen molar-refractivity contribution in [1.82, 2.24) is 9.88 Å². The summed E-state index contributed by atoms with van der Waals surface area (Å²) in [5.41, 5.74) is 0.877. The van der Waals surface area contributed by atoms with Gasteiger partial charge in [-0.25, -0.2) is 4.39 Å². The first-order chi connectivity index (χ1) is 12.5. The molecule has 0 aliphatic heterocycles. The summed E-state index contributed by atoms with van der Waals surface area (Å²) < 4.78 is 14.2. The molecule has 0 saturated heterocycles. The van der Waals surface area contributed by atoms with E-state index in [4.69, 9.17) is 11.6 Å². The molecule has 3 aromatic rings. The number of halogens is 2. The second-order valence-electron chi connectivity index (χ2n) is 6.46. The number of nitrogens with zero attached hydrogens (tertiary/aromatic N) is 1. The molecular weight excluding hydrogens is 355 g/mol. The summed E-state index contributed by atoms with van der Waals surface area (Å²) in [6.45, 7) is 0.0795. The Bertz CT molecular complexity index is 1040. The minimum atomic E-state index is -0.438. The minimum Gasteiger partial charge on any atom is -0.331 e. The summed E-state index contributed by atoms with van der Waals surface area (Å²) in [4.78, 5) is 29.5. The summed E-state index contributed by atoms with van der Waals surface area (Å²) in [5.74, 6) is -0.721. The zero-order valence-electron chi connectivity index (χ0n) is 13.8. The molecule has 1 fully saturated rings. The van der Waals surface area contributed by atoms with E-state index < -0.39 is 5.82 Å². The molecule has 1 aromatic heterocycles. The molecule has 0 spiro atoms. The SMILES string of the molecule is O=C(c1cc(=O)[nH]c2ccccc12)N(Cc1c(F)cccc1Cl)C1CC1. The Morgan fingerprint density at radius 2 is 1.96 bits per heavy atom. The topological polar surface area (TPSA) is 53.2 Å². The lowest BCUT2D eigenvalue weighted by Gasteiger charge is -2.24. The number of aromatic nitrogens is 1. The Labute approximate surface area is 154 Å². The molecule has 1 amide bonds. The Hall–Kier alpha value is -2.66. The van der Waals surface area contributed by atoms with Crippen LogP contribution < -0.4 is 5.56 Å². The standard InChI is InChI=1S/C20H16ClFN2O2/c21-16-5-3-6-17(22)15(16)11-24(12-8-9-12)20(26)14-10-19(25)23-18-7-2-1-4-13(14)18/h1-7,10,12H,8-9,11H2,(H,23,25). The molecular formula is C20H16ClFN2O2. The van der Waals surface area contributed by atoms with Crippen molar-refractivity contribution in [2.45, 2.75) is 25.4 Å². The van der Waals surface area contributed by atoms with Crippen molar-refractivity contribution in [3.05, 3.63) is 80.9 Å². The number of hydrogen-bond acceptors (Lipinski definition) is 2. The number of hydrogen-bond donors (Lipinski definition) is 1. The van der Waals surface area contributed by atoms with Crippen molar-refractivity contribution in [2.24, 2.45) is 0 Å². The summed E-state index contributed by atoms with van der Waals surface area (Å²) in [6, 6.07) is 13.0. The normalized spacial score (nSPS) is 13.8. The highest BCUT2D eigenvalue weighted by Gasteiger charge is 2.34. The average Bonchev–Trinajstić information content (AvgIpc) is 3.45. The van der Waals surface area contributed by atoms with Gasteiger partial charge in [-0.15, -0.1) is 0 Å². The van der Waals surface area contributed by atoms with E-state index in [0.717, 1.165) is 12.8 Å². The molecule has 0 radical (unpaired) electrons. The fourth-order valence-corrected chi connectivity index (χ4v) is 3.37. The second kappa shape index (κ2) is 6.57. The number of fused-ring (bicyclic) bond motifs is 1. The van der Waals surface area contributed by atoms with Crippen LogP contribution in [0.15, 0.2) is 53.3 Å². The van der Waals surface area contributed by atoms with Crippen LogP contribution >= 0.6 is 11.6 Å². The summed E-state index contributed by atoms with van der Waals surface area (Å²) in [6.07, 6.45) is 1.72. The van der Waals surface area contributed by atoms with Crippen LogP contribution in [0.5, 0.6) is 0 Å². The van der Waals surface area contributed by atoms with Crippen molar-refractivity contribution in [3.8, 4) is 0 Å². The van der Waals surface area contributed by atoms with E-state index >= 15 is 0 Å². The maximum Gasteiger partial charge on any atom is 0.255 e. The number of para-hydroxylation sites is 1. The van der Waals surface area contributed by atoms with Gasteiger partial charge >= 0.3 is 0 Å². The molecule has 6 heteroatoms. The van der Waals surface area contributed by atoms with Crippen LogP contribution in [0.2, 0.25) is 5.02 Å². The Morgan fingerprint density at radius 1 is 1.19 bits per heavy atom. The predicted octanol–water partition coefficient (Wildman–Crippen LogP) is 4.13. The van der Waals surface area contributed by atoms with Crippen LogP contribution in [0.4, 0.5) is 4.39 Å². The summed E-state index contributed by atoms with van der Waals surface area (Å²) in [5, 5.41) is 0.960. The minimum absolute atomic E-state index is 0.0382. The van der Waals surface area contributed by atoms with Crippen LogP contribution in [-0.2, 0) is 6.54 Å². The molecule has 26 heavy (non-hydrogen) atoms. The largest absolute Gasteiger partial charge is 0.331 e. The first-order valence-corrected chi connectivity index (χ1v) is 8.78. The van der Waals surface area contributed by atoms with Gasteiger partial charge in [0, 0.05) is 33.6 Å². The van der Waals surface area contributed by atoms with E-state index in [1.54, 1.807) is 29.2 Å². The molecule has 4 rings (SSSR count). The van der Waals surface area contributed by atoms with Gasteiger partial charge in [0.15, 0.2) is 0 Å². The molecule has 1 N–H and O–H groups in total. The molecule has 0 atom stereocenters. The van der Waals surface area contributed by atoms with Crippen LogP contribution in [-0.4, -0.2) is 21.8 Å². The van der Waals surface area contributed by atoms with Crippen molar-refractivity contribution >= 4 is 28.4 Å². The lowest BCUT2D eigenvalue weighted by Crippen LogP contribution is -2.34. The van der Waals surface area contributed by atoms with Crippen LogP contribution in [0.3, 0.4) is 0 Å². The van der Waals surface area contributed by atoms with Crippen LogP contribution in [0.25, 0.3) is 10.9 Å². The number of pyridine rings is 1. The molecule has 1 aliphatic carbocycles. The molecule has 0 bridgehead atoms. The van der Waals surface area contributed by atoms with Gasteiger partial charge in [0.1, 0.15) is 5.82 Å². The monoisotopic (exact) mass is 370 g/mol. The van der Waals surface area contributed by atoms with Crippen molar-refractivity contribution in [3.63, 3.8) is 0 Å². The zero-order chi connectivity index (χ0) is 18.3. The van der Waals surface area contributed by atoms with E-state index in [9.17, 15) is 14.0 Å². The quantitative estimate of drug-likeness (QED) is 0.750. The van der Waals surface area contributed by atoms with Gasteiger partial charge in [0.05, 0.1) is 12.1 Å². The average molecular weight is 371 g/mol. The molecule has 2 aromatic carbocycles. The zero-order valence-corrected chi connectivity index (χ0v) is 14.6. The van der Waals surface area contributed by atoms with Gasteiger partial charge in [-0.05, 0) is 31.0 Å². The molecule has 1 heterocycles. The van der Waals surface area contributed by atoms with Gasteiger partial charge in [0.2, 0.25) is 5.56 Å². The van der Waals surface area contributed by atoms with E-state index in [1.807, 2.05) is 6.07 Å². The van der Waals surface area contributed by atoms with E-state index in [2.05, 4.69) is 4.98 Å². The van der Waals surface area contributed by atoms with Crippen molar-refractivity contribution < 1.29 is 9.18 Å². The number of amides is 1. The number of carbonyl (C=O) groups excluding carboxylic acids is 1. The number of H-pyrrole nitrogens is 1. The molecule has 132 valence electrons. The van der Waals surface area contributed by atoms with E-state index in [1.165, 1.54) is 18.2 Å². The number of aromatic amines is 1. The fourth-order valence-electron chi connectivity index (χ4n) is 3.14. The fraction of sp³-hybridized carbons (Fsp3) is 0.200. The number of carbonyl (C=O) groups is 1. The third kappa shape index (κ3) is 3.10. The Morgan fingerprint density at radius 3 is 2.69 bits per heavy atom. The maximum absolute atomic E-state index is 14.2. The molecule has 1 saturated carbocycles. The molecule has 1 aliphatic rings. The smallest absolute Gasteiger partial charge is 0.255 e. The first kappa shape index (κ1) is 16.8. The second-order valence-corrected chi connectivity index (χ2v) is 6.86. The molecule has 4 nitrogen and oxygen atoms in total. The van der Waals surface area contributed by atoms with Gasteiger partial charge in [-0.1, -0.05) is 35.9 Å². The highest BCUT2D eigenvalue weighted by atomic mass is 35.5. The van der Waals surface area contributed by atoms with Gasteiger partial charge in [-0.2, -0.15) is 0 Å². The lowest BCUT2D eigenvalue weighted by atomic mass is 10.1. The van der Waals surface area contributed by atoms with E-state index in [-0.39, 0.29) is 24.1 Å². The third-order valence-electron chi connectivity index (χ3n) is 4.62. The van der Waals surface area contributed by atoms with Crippen LogP contribution in [0.1, 0.15) is 28.8 Å². The third-order valence-corrected chi connectivity index (χ3v) is 4.97. The highest BCUT2D eigenvalue weighted by Crippen LogP contribution is 2.32. The van der Waals surface area contributed by atoms with Gasteiger partial charge in [-0.3, -0.25) is 9.59 Å². The first-order valence-electron chi connectivity index (χ1n) is 8.40. The Kier molecular flexibility index (Phi) is 4.24. The Balaban J connectivity index is 1.77. The van der Waals surface area contributed by atoms with Gasteiger partial charge in [0.25, 0.3) is 5.91 Å². The lowest BCUT2D eigenvalue weighted by molar-refractivity contribution is 0.0730. The number of nitrogens with one attached hydrogen (secondary N) is 1. The maximum atomic E-state index is 14.2. The van der Waals surface area contributed by atoms with Crippen molar-refractivity contribution in [2.75, 3.05) is 0 Å². The van der Waals surface area contributed by atoms with Crippen LogP contribution in [0, 0.1) is 5.82 Å². The number of rotatable bonds is 4. The number of benzene rings is 2.